The first-order chi connectivity index (χ1) is 9.99. The lowest BCUT2D eigenvalue weighted by molar-refractivity contribution is -0.389. The number of nitrogens with zero attached hydrogens (tertiary/aromatic N) is 2. The Bertz CT molecular complexity index is 680. The number of carboxylic acid groups (broad SMARTS) is 1. The van der Waals surface area contributed by atoms with E-state index in [2.05, 4.69) is 4.98 Å². The molecule has 2 aromatic rings. The van der Waals surface area contributed by atoms with Gasteiger partial charge in [-0.05, 0) is 23.1 Å². The highest BCUT2D eigenvalue weighted by molar-refractivity contribution is 6.07. The number of carboxylic acids is 1. The standard InChI is InChI=1S/C13H11N3O5/c17-12(18)8-15(9-4-2-1-3-5-9)13(19)10-6-7-11(14-10)16(20)21/h1-7,14H,8H2,(H,17,18). The first-order valence-corrected chi connectivity index (χ1v) is 5.91. The number of rotatable bonds is 5. The van der Waals surface area contributed by atoms with Crippen molar-refractivity contribution in [3.8, 4) is 0 Å². The van der Waals surface area contributed by atoms with Crippen molar-refractivity contribution in [3.05, 3.63) is 58.3 Å². The molecule has 8 heteroatoms. The Morgan fingerprint density at radius 3 is 2.38 bits per heavy atom. The zero-order chi connectivity index (χ0) is 15.4. The van der Waals surface area contributed by atoms with Gasteiger partial charge in [0, 0.05) is 11.8 Å². The summed E-state index contributed by atoms with van der Waals surface area (Å²) in [5.74, 6) is -2.17. The number of para-hydroxylation sites is 1. The summed E-state index contributed by atoms with van der Waals surface area (Å²) in [7, 11) is 0. The lowest BCUT2D eigenvalue weighted by atomic mass is 10.2. The molecule has 1 heterocycles. The number of amides is 1. The zero-order valence-corrected chi connectivity index (χ0v) is 10.7. The van der Waals surface area contributed by atoms with Gasteiger partial charge in [0.2, 0.25) is 0 Å². The van der Waals surface area contributed by atoms with Crippen LogP contribution in [-0.4, -0.2) is 33.4 Å². The second-order valence-electron chi connectivity index (χ2n) is 4.13. The van der Waals surface area contributed by atoms with Crippen molar-refractivity contribution in [2.75, 3.05) is 11.4 Å². The van der Waals surface area contributed by atoms with E-state index >= 15 is 0 Å². The number of aromatic amines is 1. The average molecular weight is 289 g/mol. The summed E-state index contributed by atoms with van der Waals surface area (Å²) in [6.07, 6.45) is 0. The smallest absolute Gasteiger partial charge is 0.323 e. The second-order valence-corrected chi connectivity index (χ2v) is 4.13. The Hall–Kier alpha value is -3.16. The van der Waals surface area contributed by atoms with Gasteiger partial charge in [-0.1, -0.05) is 18.2 Å². The number of H-pyrrole nitrogens is 1. The van der Waals surface area contributed by atoms with Gasteiger partial charge >= 0.3 is 11.8 Å². The quantitative estimate of drug-likeness (QED) is 0.641. The SMILES string of the molecule is O=C(O)CN(C(=O)c1ccc([N+](=O)[O-])[nH]1)c1ccccc1. The fourth-order valence-electron chi connectivity index (χ4n) is 1.78. The lowest BCUT2D eigenvalue weighted by Crippen LogP contribution is -2.35. The van der Waals surface area contributed by atoms with E-state index < -0.39 is 23.3 Å². The van der Waals surface area contributed by atoms with Crippen molar-refractivity contribution in [3.63, 3.8) is 0 Å². The minimum absolute atomic E-state index is 0.0493. The van der Waals surface area contributed by atoms with E-state index in [9.17, 15) is 19.7 Å². The van der Waals surface area contributed by atoms with Crippen LogP contribution < -0.4 is 4.90 Å². The van der Waals surface area contributed by atoms with Gasteiger partial charge in [0.1, 0.15) is 6.54 Å². The van der Waals surface area contributed by atoms with Gasteiger partial charge in [-0.3, -0.25) is 14.5 Å². The van der Waals surface area contributed by atoms with E-state index in [1.54, 1.807) is 30.3 Å². The van der Waals surface area contributed by atoms with Crippen molar-refractivity contribution >= 4 is 23.4 Å². The minimum atomic E-state index is -1.19. The summed E-state index contributed by atoms with van der Waals surface area (Å²) in [6.45, 7) is -0.546. The maximum absolute atomic E-state index is 12.3. The molecular weight excluding hydrogens is 278 g/mol. The van der Waals surface area contributed by atoms with Crippen LogP contribution in [-0.2, 0) is 4.79 Å². The third-order valence-corrected chi connectivity index (χ3v) is 2.70. The molecule has 0 spiro atoms. The van der Waals surface area contributed by atoms with Gasteiger partial charge in [0.05, 0.1) is 0 Å². The molecule has 0 fully saturated rings. The molecule has 0 unspecified atom stereocenters. The van der Waals surface area contributed by atoms with Crippen LogP contribution in [0.1, 0.15) is 10.5 Å². The molecule has 0 saturated heterocycles. The van der Waals surface area contributed by atoms with Crippen LogP contribution in [0.2, 0.25) is 0 Å². The van der Waals surface area contributed by atoms with Crippen molar-refractivity contribution in [2.45, 2.75) is 0 Å². The Kier molecular flexibility index (Phi) is 3.98. The normalized spacial score (nSPS) is 10.1. The molecule has 108 valence electrons. The molecule has 0 saturated carbocycles. The van der Waals surface area contributed by atoms with Gasteiger partial charge in [-0.2, -0.15) is 0 Å². The first-order valence-electron chi connectivity index (χ1n) is 5.91. The highest BCUT2D eigenvalue weighted by Crippen LogP contribution is 2.18. The van der Waals surface area contributed by atoms with E-state index in [1.165, 1.54) is 6.07 Å². The summed E-state index contributed by atoms with van der Waals surface area (Å²) in [4.78, 5) is 36.6. The summed E-state index contributed by atoms with van der Waals surface area (Å²) in [5, 5.41) is 19.5. The molecule has 1 aromatic heterocycles. The fourth-order valence-corrected chi connectivity index (χ4v) is 1.78. The first kappa shape index (κ1) is 14.3. The van der Waals surface area contributed by atoms with Gasteiger partial charge in [0.15, 0.2) is 5.69 Å². The molecular formula is C13H11N3O5. The number of hydrogen-bond acceptors (Lipinski definition) is 4. The molecule has 8 nitrogen and oxygen atoms in total. The third-order valence-electron chi connectivity index (χ3n) is 2.70. The number of carbonyl (C=O) groups excluding carboxylic acids is 1. The molecule has 0 atom stereocenters. The van der Waals surface area contributed by atoms with Crippen LogP contribution in [0.25, 0.3) is 0 Å². The number of anilines is 1. The number of aromatic nitrogens is 1. The second kappa shape index (κ2) is 5.87. The maximum atomic E-state index is 12.3. The number of hydrogen-bond donors (Lipinski definition) is 2. The van der Waals surface area contributed by atoms with Crippen molar-refractivity contribution in [1.29, 1.82) is 0 Å². The van der Waals surface area contributed by atoms with Gasteiger partial charge < -0.3 is 15.2 Å². The minimum Gasteiger partial charge on any atom is -0.480 e. The Morgan fingerprint density at radius 2 is 1.86 bits per heavy atom. The Labute approximate surface area is 118 Å². The fraction of sp³-hybridized carbons (Fsp3) is 0.0769. The lowest BCUT2D eigenvalue weighted by Gasteiger charge is -2.19. The molecule has 0 aliphatic rings. The molecule has 0 bridgehead atoms. The van der Waals surface area contributed by atoms with Crippen LogP contribution in [0.15, 0.2) is 42.5 Å². The molecule has 2 rings (SSSR count). The van der Waals surface area contributed by atoms with Crippen LogP contribution >= 0.6 is 0 Å². The van der Waals surface area contributed by atoms with Crippen LogP contribution in [0.4, 0.5) is 11.5 Å². The molecule has 1 aromatic carbocycles. The zero-order valence-electron chi connectivity index (χ0n) is 10.7. The average Bonchev–Trinajstić information content (AvgIpc) is 2.95. The largest absolute Gasteiger partial charge is 0.480 e. The molecule has 0 radical (unpaired) electrons. The highest BCUT2D eigenvalue weighted by atomic mass is 16.6. The predicted octanol–water partition coefficient (Wildman–Crippen LogP) is 1.65. The molecule has 21 heavy (non-hydrogen) atoms. The van der Waals surface area contributed by atoms with Crippen LogP contribution in [0.3, 0.4) is 0 Å². The van der Waals surface area contributed by atoms with Gasteiger partial charge in [0.25, 0.3) is 5.91 Å². The predicted molar refractivity (Wildman–Crippen MR) is 73.2 cm³/mol. The summed E-state index contributed by atoms with van der Waals surface area (Å²) in [6, 6.07) is 10.6. The van der Waals surface area contributed by atoms with E-state index in [4.69, 9.17) is 5.11 Å². The van der Waals surface area contributed by atoms with E-state index in [0.717, 1.165) is 11.0 Å². The summed E-state index contributed by atoms with van der Waals surface area (Å²) < 4.78 is 0. The summed E-state index contributed by atoms with van der Waals surface area (Å²) in [5.41, 5.74) is 0.342. The van der Waals surface area contributed by atoms with E-state index in [-0.39, 0.29) is 11.5 Å². The molecule has 1 amide bonds. The number of aliphatic carboxylic acids is 1. The van der Waals surface area contributed by atoms with E-state index in [1.807, 2.05) is 0 Å². The molecule has 0 aliphatic carbocycles. The maximum Gasteiger partial charge on any atom is 0.323 e. The number of nitrogens with one attached hydrogen (secondary N) is 1. The topological polar surface area (TPSA) is 117 Å². The monoisotopic (exact) mass is 289 g/mol. The Balaban J connectivity index is 2.33. The van der Waals surface area contributed by atoms with Crippen LogP contribution in [0.5, 0.6) is 0 Å². The molecule has 2 N–H and O–H groups in total. The molecule has 0 aliphatic heterocycles. The van der Waals surface area contributed by atoms with Gasteiger partial charge in [-0.25, -0.2) is 4.98 Å². The van der Waals surface area contributed by atoms with Crippen molar-refractivity contribution < 1.29 is 19.6 Å². The Morgan fingerprint density at radius 1 is 1.19 bits per heavy atom. The highest BCUT2D eigenvalue weighted by Gasteiger charge is 2.24. The number of benzene rings is 1. The number of nitro groups is 1. The number of carbonyl (C=O) groups is 2. The van der Waals surface area contributed by atoms with Crippen molar-refractivity contribution in [2.24, 2.45) is 0 Å². The summed E-state index contributed by atoms with van der Waals surface area (Å²) >= 11 is 0. The van der Waals surface area contributed by atoms with Crippen LogP contribution in [0, 0.1) is 10.1 Å². The van der Waals surface area contributed by atoms with Gasteiger partial charge in [-0.15, -0.1) is 0 Å². The van der Waals surface area contributed by atoms with E-state index in [0.29, 0.717) is 5.69 Å². The van der Waals surface area contributed by atoms with Crippen molar-refractivity contribution in [1.82, 2.24) is 4.98 Å². The third kappa shape index (κ3) is 3.24.